The monoisotopic (exact) mass is 449 g/mol. The lowest BCUT2D eigenvalue weighted by Gasteiger charge is -2.09. The summed E-state index contributed by atoms with van der Waals surface area (Å²) in [6, 6.07) is 15.2. The van der Waals surface area contributed by atoms with E-state index in [0.717, 1.165) is 11.3 Å². The number of hydrogen-bond donors (Lipinski definition) is 1. The molecule has 0 spiro atoms. The number of carbonyl (C=O) groups is 2. The molecular weight excluding hydrogens is 422 g/mol. The largest absolute Gasteiger partial charge is 0.493 e. The Bertz CT molecular complexity index is 1140. The second-order valence-electron chi connectivity index (χ2n) is 7.37. The molecule has 0 radical (unpaired) electrons. The van der Waals surface area contributed by atoms with Crippen LogP contribution in [0.4, 0.5) is 0 Å². The number of methoxy groups -OCH3 is 2. The Morgan fingerprint density at radius 1 is 1.06 bits per heavy atom. The molecule has 0 aliphatic heterocycles. The molecule has 1 heterocycles. The molecule has 172 valence electrons. The van der Waals surface area contributed by atoms with Crippen LogP contribution in [0.1, 0.15) is 19.4 Å². The van der Waals surface area contributed by atoms with Gasteiger partial charge in [0.05, 0.1) is 26.0 Å². The molecule has 0 aliphatic carbocycles. The summed E-state index contributed by atoms with van der Waals surface area (Å²) >= 11 is 0. The zero-order chi connectivity index (χ0) is 23.8. The van der Waals surface area contributed by atoms with E-state index < -0.39 is 11.9 Å². The molecule has 8 nitrogen and oxygen atoms in total. The van der Waals surface area contributed by atoms with Gasteiger partial charge >= 0.3 is 5.97 Å². The number of aromatic nitrogens is 2. The van der Waals surface area contributed by atoms with E-state index in [4.69, 9.17) is 19.3 Å². The smallest absolute Gasteiger partial charge is 0.325 e. The summed E-state index contributed by atoms with van der Waals surface area (Å²) in [5.41, 5.74) is 3.04. The molecule has 0 saturated heterocycles. The lowest BCUT2D eigenvalue weighted by atomic mass is 10.1. The summed E-state index contributed by atoms with van der Waals surface area (Å²) in [6.45, 7) is 3.30. The van der Waals surface area contributed by atoms with E-state index in [1.165, 1.54) is 6.08 Å². The second-order valence-corrected chi connectivity index (χ2v) is 7.37. The summed E-state index contributed by atoms with van der Waals surface area (Å²) in [5.74, 6) is 0.269. The molecule has 0 saturated carbocycles. The molecule has 33 heavy (non-hydrogen) atoms. The molecule has 1 amide bonds. The molecule has 0 bridgehead atoms. The highest BCUT2D eigenvalue weighted by molar-refractivity contribution is 5.94. The minimum Gasteiger partial charge on any atom is -0.493 e. The molecule has 0 atom stereocenters. The van der Waals surface area contributed by atoms with Gasteiger partial charge in [0.15, 0.2) is 11.5 Å². The highest BCUT2D eigenvalue weighted by Gasteiger charge is 2.14. The SMILES string of the molecule is COc1ccc(-c2nn(-c3ccccc3)cc2/C=C/C(=O)NCC(=O)OC(C)C)cc1OC. The van der Waals surface area contributed by atoms with Gasteiger partial charge in [-0.3, -0.25) is 9.59 Å². The Hall–Kier alpha value is -4.07. The number of ether oxygens (including phenoxy) is 3. The molecular formula is C25H27N3O5. The molecule has 0 aliphatic rings. The van der Waals surface area contributed by atoms with E-state index in [-0.39, 0.29) is 12.6 Å². The van der Waals surface area contributed by atoms with Crippen molar-refractivity contribution in [2.75, 3.05) is 20.8 Å². The normalized spacial score (nSPS) is 10.9. The van der Waals surface area contributed by atoms with Gasteiger partial charge in [0.2, 0.25) is 5.91 Å². The number of rotatable bonds is 9. The van der Waals surface area contributed by atoms with Gasteiger partial charge in [0, 0.05) is 23.4 Å². The van der Waals surface area contributed by atoms with Crippen LogP contribution in [0.5, 0.6) is 11.5 Å². The lowest BCUT2D eigenvalue weighted by molar-refractivity contribution is -0.147. The van der Waals surface area contributed by atoms with Gasteiger partial charge in [-0.25, -0.2) is 4.68 Å². The fraction of sp³-hybridized carbons (Fsp3) is 0.240. The fourth-order valence-electron chi connectivity index (χ4n) is 3.12. The fourth-order valence-corrected chi connectivity index (χ4v) is 3.12. The van der Waals surface area contributed by atoms with Crippen molar-refractivity contribution >= 4 is 18.0 Å². The highest BCUT2D eigenvalue weighted by atomic mass is 16.5. The van der Waals surface area contributed by atoms with Crippen LogP contribution in [0.25, 0.3) is 23.0 Å². The quantitative estimate of drug-likeness (QED) is 0.396. The first-order valence-electron chi connectivity index (χ1n) is 10.4. The minimum absolute atomic E-state index is 0.201. The predicted molar refractivity (Wildman–Crippen MR) is 125 cm³/mol. The van der Waals surface area contributed by atoms with E-state index in [2.05, 4.69) is 5.32 Å². The molecule has 8 heteroatoms. The van der Waals surface area contributed by atoms with E-state index in [0.29, 0.717) is 22.8 Å². The van der Waals surface area contributed by atoms with Gasteiger partial charge in [-0.05, 0) is 50.3 Å². The first-order chi connectivity index (χ1) is 15.9. The van der Waals surface area contributed by atoms with Crippen LogP contribution in [0.15, 0.2) is 60.8 Å². The second kappa shape index (κ2) is 11.0. The Labute approximate surface area is 192 Å². The maximum atomic E-state index is 12.2. The number of para-hydroxylation sites is 1. The third-order valence-electron chi connectivity index (χ3n) is 4.61. The molecule has 1 aromatic heterocycles. The van der Waals surface area contributed by atoms with Crippen molar-refractivity contribution in [2.45, 2.75) is 20.0 Å². The van der Waals surface area contributed by atoms with Crippen molar-refractivity contribution < 1.29 is 23.8 Å². The lowest BCUT2D eigenvalue weighted by Crippen LogP contribution is -2.30. The summed E-state index contributed by atoms with van der Waals surface area (Å²) in [4.78, 5) is 23.9. The van der Waals surface area contributed by atoms with Gasteiger partial charge in [-0.1, -0.05) is 18.2 Å². The summed E-state index contributed by atoms with van der Waals surface area (Å²) < 4.78 is 17.5. The van der Waals surface area contributed by atoms with Crippen LogP contribution in [0.2, 0.25) is 0 Å². The molecule has 2 aromatic carbocycles. The molecule has 1 N–H and O–H groups in total. The Morgan fingerprint density at radius 3 is 2.45 bits per heavy atom. The van der Waals surface area contributed by atoms with Gasteiger partial charge in [-0.2, -0.15) is 5.10 Å². The van der Waals surface area contributed by atoms with Crippen molar-refractivity contribution in [1.82, 2.24) is 15.1 Å². The number of hydrogen-bond acceptors (Lipinski definition) is 6. The number of amides is 1. The van der Waals surface area contributed by atoms with Crippen molar-refractivity contribution in [3.63, 3.8) is 0 Å². The zero-order valence-corrected chi connectivity index (χ0v) is 19.1. The van der Waals surface area contributed by atoms with Gasteiger partial charge < -0.3 is 19.5 Å². The van der Waals surface area contributed by atoms with Crippen molar-refractivity contribution in [3.05, 3.63) is 66.4 Å². The van der Waals surface area contributed by atoms with Crippen LogP contribution in [0.3, 0.4) is 0 Å². The van der Waals surface area contributed by atoms with Crippen LogP contribution in [0, 0.1) is 0 Å². The van der Waals surface area contributed by atoms with Crippen LogP contribution in [-0.2, 0) is 14.3 Å². The summed E-state index contributed by atoms with van der Waals surface area (Å²) in [6.07, 6.45) is 4.61. The summed E-state index contributed by atoms with van der Waals surface area (Å²) in [7, 11) is 3.14. The van der Waals surface area contributed by atoms with Gasteiger partial charge in [0.1, 0.15) is 12.2 Å². The minimum atomic E-state index is -0.491. The molecule has 3 rings (SSSR count). The zero-order valence-electron chi connectivity index (χ0n) is 19.1. The first-order valence-corrected chi connectivity index (χ1v) is 10.4. The number of carbonyl (C=O) groups excluding carboxylic acids is 2. The van der Waals surface area contributed by atoms with Crippen molar-refractivity contribution in [1.29, 1.82) is 0 Å². The molecule has 0 fully saturated rings. The Morgan fingerprint density at radius 2 is 1.79 bits per heavy atom. The Balaban J connectivity index is 1.90. The molecule has 0 unspecified atom stereocenters. The Kier molecular flexibility index (Phi) is 7.86. The standard InChI is InChI=1S/C25H27N3O5/c1-17(2)33-24(30)15-26-23(29)13-11-19-16-28(20-8-6-5-7-9-20)27-25(19)18-10-12-21(31-3)22(14-18)32-4/h5-14,16-17H,15H2,1-4H3,(H,26,29)/b13-11+. The number of esters is 1. The average molecular weight is 450 g/mol. The number of benzene rings is 2. The maximum Gasteiger partial charge on any atom is 0.325 e. The summed E-state index contributed by atoms with van der Waals surface area (Å²) in [5, 5.41) is 7.25. The van der Waals surface area contributed by atoms with Crippen molar-refractivity contribution in [2.24, 2.45) is 0 Å². The third kappa shape index (κ3) is 6.22. The van der Waals surface area contributed by atoms with E-state index in [1.807, 2.05) is 48.7 Å². The van der Waals surface area contributed by atoms with Crippen molar-refractivity contribution in [3.8, 4) is 28.4 Å². The topological polar surface area (TPSA) is 91.7 Å². The number of nitrogens with one attached hydrogen (secondary N) is 1. The highest BCUT2D eigenvalue weighted by Crippen LogP contribution is 2.33. The van der Waals surface area contributed by atoms with Crippen LogP contribution in [-0.4, -0.2) is 48.5 Å². The first kappa shape index (κ1) is 23.6. The van der Waals surface area contributed by atoms with Gasteiger partial charge in [0.25, 0.3) is 0 Å². The van der Waals surface area contributed by atoms with E-state index >= 15 is 0 Å². The predicted octanol–water partition coefficient (Wildman–Crippen LogP) is 3.64. The average Bonchev–Trinajstić information content (AvgIpc) is 3.25. The maximum absolute atomic E-state index is 12.2. The third-order valence-corrected chi connectivity index (χ3v) is 4.61. The van der Waals surface area contributed by atoms with Crippen LogP contribution < -0.4 is 14.8 Å². The molecule has 3 aromatic rings. The van der Waals surface area contributed by atoms with E-state index in [9.17, 15) is 9.59 Å². The van der Waals surface area contributed by atoms with Crippen LogP contribution >= 0.6 is 0 Å². The number of nitrogens with zero attached hydrogens (tertiary/aromatic N) is 2. The van der Waals surface area contributed by atoms with Gasteiger partial charge in [-0.15, -0.1) is 0 Å². The van der Waals surface area contributed by atoms with E-state index in [1.54, 1.807) is 44.9 Å².